The van der Waals surface area contributed by atoms with E-state index in [4.69, 9.17) is 0 Å². The second kappa shape index (κ2) is 8.88. The van der Waals surface area contributed by atoms with Crippen molar-refractivity contribution in [2.45, 2.75) is 39.3 Å². The number of amides is 1. The third-order valence-electron chi connectivity index (χ3n) is 5.41. The Morgan fingerprint density at radius 2 is 1.77 bits per heavy atom. The summed E-state index contributed by atoms with van der Waals surface area (Å²) >= 11 is 3.50. The minimum absolute atomic E-state index is 0.00290. The fourth-order valence-electron chi connectivity index (χ4n) is 3.73. The van der Waals surface area contributed by atoms with Crippen LogP contribution in [-0.2, 0) is 24.3 Å². The molecule has 5 nitrogen and oxygen atoms in total. The molecular weight excluding hydrogens is 442 g/mol. The average Bonchev–Trinajstić information content (AvgIpc) is 3.25. The number of nitrogens with one attached hydrogen (secondary N) is 1. The number of rotatable bonds is 7. The van der Waals surface area contributed by atoms with Crippen molar-refractivity contribution in [2.75, 3.05) is 0 Å². The second-order valence-corrected chi connectivity index (χ2v) is 8.32. The maximum atomic E-state index is 13.0. The molecule has 0 unspecified atom stereocenters. The summed E-state index contributed by atoms with van der Waals surface area (Å²) in [6.07, 6.45) is 3.88. The summed E-state index contributed by atoms with van der Waals surface area (Å²) in [6.45, 7) is 3.14. The fraction of sp³-hybridized carbons (Fsp3) is 0.250. The Hall–Kier alpha value is -2.86. The number of carbonyl (C=O) groups is 1. The van der Waals surface area contributed by atoms with E-state index in [1.807, 2.05) is 40.9 Å². The second-order valence-electron chi connectivity index (χ2n) is 7.40. The SMILES string of the molecule is CCc1ccc(CNC(=O)CCCn2c(=O)c3cccn3c3ccc(Br)cc32)cc1. The summed E-state index contributed by atoms with van der Waals surface area (Å²) in [5, 5.41) is 2.97. The van der Waals surface area contributed by atoms with Crippen LogP contribution in [-0.4, -0.2) is 14.9 Å². The third kappa shape index (κ3) is 4.19. The molecule has 0 aliphatic carbocycles. The van der Waals surface area contributed by atoms with Crippen LogP contribution in [0.4, 0.5) is 0 Å². The lowest BCUT2D eigenvalue weighted by atomic mass is 10.1. The van der Waals surface area contributed by atoms with Crippen LogP contribution < -0.4 is 10.9 Å². The molecule has 154 valence electrons. The number of hydrogen-bond donors (Lipinski definition) is 1. The van der Waals surface area contributed by atoms with Gasteiger partial charge in [0, 0.05) is 30.2 Å². The van der Waals surface area contributed by atoms with Gasteiger partial charge in [-0.05, 0) is 54.3 Å². The number of nitrogens with zero attached hydrogens (tertiary/aromatic N) is 2. The van der Waals surface area contributed by atoms with Gasteiger partial charge in [0.25, 0.3) is 5.56 Å². The van der Waals surface area contributed by atoms with Gasteiger partial charge in [-0.3, -0.25) is 9.59 Å². The number of aromatic nitrogens is 2. The molecule has 2 heterocycles. The molecule has 0 atom stereocenters. The molecule has 0 radical (unpaired) electrons. The molecule has 0 spiro atoms. The Morgan fingerprint density at radius 3 is 2.53 bits per heavy atom. The summed E-state index contributed by atoms with van der Waals surface area (Å²) in [5.41, 5.74) is 4.81. The molecule has 2 aromatic carbocycles. The summed E-state index contributed by atoms with van der Waals surface area (Å²) in [6, 6.07) is 17.9. The standard InChI is InChI=1S/C24H24BrN3O2/c1-2-17-7-9-18(10-8-17)16-26-23(29)6-4-14-28-22-15-19(25)11-12-20(22)27-13-3-5-21(27)24(28)30/h3,5,7-13,15H,2,4,6,14,16H2,1H3,(H,26,29). The van der Waals surface area contributed by atoms with E-state index in [9.17, 15) is 9.59 Å². The van der Waals surface area contributed by atoms with Gasteiger partial charge in [0.2, 0.25) is 5.91 Å². The van der Waals surface area contributed by atoms with E-state index in [0.29, 0.717) is 31.4 Å². The molecule has 4 rings (SSSR count). The van der Waals surface area contributed by atoms with Crippen molar-refractivity contribution in [1.29, 1.82) is 0 Å². The number of benzene rings is 2. The van der Waals surface area contributed by atoms with Crippen molar-refractivity contribution in [3.05, 3.63) is 86.7 Å². The predicted molar refractivity (Wildman–Crippen MR) is 124 cm³/mol. The van der Waals surface area contributed by atoms with Gasteiger partial charge < -0.3 is 14.3 Å². The van der Waals surface area contributed by atoms with E-state index >= 15 is 0 Å². The lowest BCUT2D eigenvalue weighted by molar-refractivity contribution is -0.121. The van der Waals surface area contributed by atoms with Gasteiger partial charge in [0.1, 0.15) is 5.52 Å². The smallest absolute Gasteiger partial charge is 0.275 e. The first-order valence-corrected chi connectivity index (χ1v) is 11.0. The van der Waals surface area contributed by atoms with Gasteiger partial charge in [-0.15, -0.1) is 0 Å². The van der Waals surface area contributed by atoms with Crippen LogP contribution in [0.3, 0.4) is 0 Å². The van der Waals surface area contributed by atoms with Gasteiger partial charge >= 0.3 is 0 Å². The maximum Gasteiger partial charge on any atom is 0.275 e. The number of aryl methyl sites for hydroxylation is 2. The normalized spacial score (nSPS) is 11.3. The minimum Gasteiger partial charge on any atom is -0.352 e. The topological polar surface area (TPSA) is 55.5 Å². The Bertz CT molecular complexity index is 1260. The summed E-state index contributed by atoms with van der Waals surface area (Å²) in [7, 11) is 0. The molecule has 4 aromatic rings. The molecule has 1 N–H and O–H groups in total. The Kier molecular flexibility index (Phi) is 6.04. The molecule has 0 aliphatic rings. The quantitative estimate of drug-likeness (QED) is 0.430. The van der Waals surface area contributed by atoms with Gasteiger partial charge in [-0.1, -0.05) is 47.1 Å². The first kappa shape index (κ1) is 20.4. The lowest BCUT2D eigenvalue weighted by Gasteiger charge is -2.13. The van der Waals surface area contributed by atoms with Crippen LogP contribution in [0.1, 0.15) is 30.9 Å². The molecule has 30 heavy (non-hydrogen) atoms. The van der Waals surface area contributed by atoms with Crippen molar-refractivity contribution >= 4 is 38.4 Å². The van der Waals surface area contributed by atoms with Crippen LogP contribution in [0, 0.1) is 0 Å². The molecule has 0 aliphatic heterocycles. The van der Waals surface area contributed by atoms with E-state index in [1.54, 1.807) is 4.57 Å². The Balaban J connectivity index is 1.44. The average molecular weight is 466 g/mol. The molecule has 0 saturated heterocycles. The summed E-state index contributed by atoms with van der Waals surface area (Å²) in [4.78, 5) is 25.3. The summed E-state index contributed by atoms with van der Waals surface area (Å²) < 4.78 is 4.60. The fourth-order valence-corrected chi connectivity index (χ4v) is 4.08. The zero-order chi connectivity index (χ0) is 21.1. The molecular formula is C24H24BrN3O2. The first-order valence-electron chi connectivity index (χ1n) is 10.2. The monoisotopic (exact) mass is 465 g/mol. The predicted octanol–water partition coefficient (Wildman–Crippen LogP) is 4.68. The molecule has 6 heteroatoms. The highest BCUT2D eigenvalue weighted by Crippen LogP contribution is 2.20. The first-order chi connectivity index (χ1) is 14.6. The molecule has 0 bridgehead atoms. The lowest BCUT2D eigenvalue weighted by Crippen LogP contribution is -2.25. The number of carbonyl (C=O) groups excluding carboxylic acids is 1. The number of hydrogen-bond acceptors (Lipinski definition) is 2. The molecule has 0 saturated carbocycles. The van der Waals surface area contributed by atoms with Crippen LogP contribution in [0.5, 0.6) is 0 Å². The zero-order valence-electron chi connectivity index (χ0n) is 16.9. The highest BCUT2D eigenvalue weighted by Gasteiger charge is 2.11. The van der Waals surface area contributed by atoms with Crippen LogP contribution in [0.25, 0.3) is 16.6 Å². The van der Waals surface area contributed by atoms with Gasteiger partial charge in [0.05, 0.1) is 11.0 Å². The molecule has 1 amide bonds. The Morgan fingerprint density at radius 1 is 1.00 bits per heavy atom. The Labute approximate surface area is 183 Å². The van der Waals surface area contributed by atoms with E-state index in [2.05, 4.69) is 52.4 Å². The minimum atomic E-state index is -0.0398. The van der Waals surface area contributed by atoms with Gasteiger partial charge in [-0.2, -0.15) is 0 Å². The van der Waals surface area contributed by atoms with Crippen LogP contribution >= 0.6 is 15.9 Å². The highest BCUT2D eigenvalue weighted by atomic mass is 79.9. The van der Waals surface area contributed by atoms with E-state index < -0.39 is 0 Å². The number of fused-ring (bicyclic) bond motifs is 3. The van der Waals surface area contributed by atoms with Crippen LogP contribution in [0.2, 0.25) is 0 Å². The van der Waals surface area contributed by atoms with Gasteiger partial charge in [-0.25, -0.2) is 0 Å². The maximum absolute atomic E-state index is 13.0. The number of halogens is 1. The summed E-state index contributed by atoms with van der Waals surface area (Å²) in [5.74, 6) is -0.00290. The third-order valence-corrected chi connectivity index (χ3v) is 5.90. The van der Waals surface area contributed by atoms with Gasteiger partial charge in [0.15, 0.2) is 0 Å². The largest absolute Gasteiger partial charge is 0.352 e. The van der Waals surface area contributed by atoms with Crippen molar-refractivity contribution in [1.82, 2.24) is 14.3 Å². The van der Waals surface area contributed by atoms with Crippen molar-refractivity contribution in [3.63, 3.8) is 0 Å². The van der Waals surface area contributed by atoms with E-state index in [1.165, 1.54) is 5.56 Å². The van der Waals surface area contributed by atoms with Crippen molar-refractivity contribution in [3.8, 4) is 0 Å². The van der Waals surface area contributed by atoms with Crippen LogP contribution in [0.15, 0.2) is 70.1 Å². The van der Waals surface area contributed by atoms with Crippen molar-refractivity contribution < 1.29 is 4.79 Å². The van der Waals surface area contributed by atoms with E-state index in [0.717, 1.165) is 27.5 Å². The molecule has 2 aromatic heterocycles. The zero-order valence-corrected chi connectivity index (χ0v) is 18.5. The molecule has 0 fully saturated rings. The van der Waals surface area contributed by atoms with E-state index in [-0.39, 0.29) is 11.5 Å². The highest BCUT2D eigenvalue weighted by molar-refractivity contribution is 9.10. The van der Waals surface area contributed by atoms with Crippen molar-refractivity contribution in [2.24, 2.45) is 0 Å².